The predicted molar refractivity (Wildman–Crippen MR) is 84.1 cm³/mol. The summed E-state index contributed by atoms with van der Waals surface area (Å²) >= 11 is 5.85. The zero-order valence-corrected chi connectivity index (χ0v) is 13.6. The van der Waals surface area contributed by atoms with Crippen molar-refractivity contribution in [1.82, 2.24) is 10.5 Å². The topological polar surface area (TPSA) is 92.4 Å². The van der Waals surface area contributed by atoms with Gasteiger partial charge in [0.1, 0.15) is 5.76 Å². The van der Waals surface area contributed by atoms with Crippen molar-refractivity contribution in [3.8, 4) is 0 Å². The van der Waals surface area contributed by atoms with E-state index in [1.54, 1.807) is 44.2 Å². The van der Waals surface area contributed by atoms with Crippen LogP contribution >= 0.6 is 11.6 Å². The van der Waals surface area contributed by atoms with Gasteiger partial charge in [0.25, 0.3) is 0 Å². The lowest BCUT2D eigenvalue weighted by molar-refractivity contribution is -0.148. The third-order valence-corrected chi connectivity index (χ3v) is 3.86. The Balaban J connectivity index is 2.26. The van der Waals surface area contributed by atoms with Crippen LogP contribution in [0.15, 0.2) is 34.9 Å². The van der Waals surface area contributed by atoms with Gasteiger partial charge in [-0.05, 0) is 31.0 Å². The second-order valence-corrected chi connectivity index (χ2v) is 5.66. The number of carboxylic acids is 1. The molecule has 7 heteroatoms. The largest absolute Gasteiger partial charge is 0.479 e. The minimum Gasteiger partial charge on any atom is -0.479 e. The Bertz CT molecular complexity index is 711. The fourth-order valence-electron chi connectivity index (χ4n) is 2.38. The molecule has 2 aromatic rings. The Hall–Kier alpha value is -2.34. The fraction of sp³-hybridized carbons (Fsp3) is 0.312. The van der Waals surface area contributed by atoms with Crippen molar-refractivity contribution < 1.29 is 19.2 Å². The maximum atomic E-state index is 12.3. The molecule has 0 aliphatic heterocycles. The SMILES string of the molecule is CCC(NC(=O)Cc1cc(C)on1)(C(=O)O)c1ccc(Cl)cc1. The molecule has 2 N–H and O–H groups in total. The van der Waals surface area contributed by atoms with Crippen LogP contribution in [0.25, 0.3) is 0 Å². The van der Waals surface area contributed by atoms with E-state index >= 15 is 0 Å². The molecule has 1 aromatic heterocycles. The van der Waals surface area contributed by atoms with Crippen LogP contribution in [0.5, 0.6) is 0 Å². The molecule has 0 aliphatic rings. The molecular weight excluding hydrogens is 320 g/mol. The standard InChI is InChI=1S/C16H17ClN2O4/c1-3-16(15(21)22,11-4-6-12(17)7-5-11)18-14(20)9-13-8-10(2)23-19-13/h4-8H,3,9H2,1-2H3,(H,18,20)(H,21,22). The van der Waals surface area contributed by atoms with E-state index in [4.69, 9.17) is 16.1 Å². The average molecular weight is 337 g/mol. The number of aromatic nitrogens is 1. The Morgan fingerprint density at radius 1 is 1.35 bits per heavy atom. The van der Waals surface area contributed by atoms with Crippen LogP contribution in [0.3, 0.4) is 0 Å². The Morgan fingerprint density at radius 2 is 2.00 bits per heavy atom. The summed E-state index contributed by atoms with van der Waals surface area (Å²) in [4.78, 5) is 24.1. The van der Waals surface area contributed by atoms with Crippen LogP contribution in [-0.2, 0) is 21.5 Å². The van der Waals surface area contributed by atoms with Gasteiger partial charge in [0.2, 0.25) is 5.91 Å². The van der Waals surface area contributed by atoms with Crippen LogP contribution in [0.4, 0.5) is 0 Å². The third kappa shape index (κ3) is 3.71. The summed E-state index contributed by atoms with van der Waals surface area (Å²) in [5.41, 5.74) is -0.603. The minimum atomic E-state index is -1.51. The van der Waals surface area contributed by atoms with Crippen molar-refractivity contribution in [2.75, 3.05) is 0 Å². The first-order chi connectivity index (χ1) is 10.9. The number of carbonyl (C=O) groups is 2. The molecular formula is C16H17ClN2O4. The highest BCUT2D eigenvalue weighted by atomic mass is 35.5. The van der Waals surface area contributed by atoms with Crippen molar-refractivity contribution in [3.63, 3.8) is 0 Å². The number of aliphatic carboxylic acids is 1. The number of hydrogen-bond donors (Lipinski definition) is 2. The second-order valence-electron chi connectivity index (χ2n) is 5.22. The molecule has 6 nitrogen and oxygen atoms in total. The van der Waals surface area contributed by atoms with Gasteiger partial charge < -0.3 is 14.9 Å². The first-order valence-electron chi connectivity index (χ1n) is 7.10. The normalized spacial score (nSPS) is 13.3. The lowest BCUT2D eigenvalue weighted by Gasteiger charge is -2.30. The van der Waals surface area contributed by atoms with E-state index in [2.05, 4.69) is 10.5 Å². The molecule has 1 heterocycles. The van der Waals surface area contributed by atoms with Crippen LogP contribution in [-0.4, -0.2) is 22.1 Å². The molecule has 1 unspecified atom stereocenters. The Morgan fingerprint density at radius 3 is 2.48 bits per heavy atom. The van der Waals surface area contributed by atoms with E-state index in [1.807, 2.05) is 0 Å². The zero-order chi connectivity index (χ0) is 17.0. The van der Waals surface area contributed by atoms with Gasteiger partial charge >= 0.3 is 5.97 Å². The lowest BCUT2D eigenvalue weighted by atomic mass is 9.87. The molecule has 0 saturated heterocycles. The number of nitrogens with one attached hydrogen (secondary N) is 1. The number of carbonyl (C=O) groups excluding carboxylic acids is 1. The molecule has 0 fully saturated rings. The maximum Gasteiger partial charge on any atom is 0.334 e. The van der Waals surface area contributed by atoms with Gasteiger partial charge in [0, 0.05) is 11.1 Å². The van der Waals surface area contributed by atoms with Gasteiger partial charge in [-0.2, -0.15) is 0 Å². The van der Waals surface area contributed by atoms with E-state index in [9.17, 15) is 14.7 Å². The van der Waals surface area contributed by atoms with Gasteiger partial charge in [-0.15, -0.1) is 0 Å². The average Bonchev–Trinajstić information content (AvgIpc) is 2.90. The number of aryl methyl sites for hydroxylation is 1. The number of amides is 1. The smallest absolute Gasteiger partial charge is 0.334 e. The van der Waals surface area contributed by atoms with E-state index in [0.717, 1.165) is 0 Å². The highest BCUT2D eigenvalue weighted by Crippen LogP contribution is 2.27. The van der Waals surface area contributed by atoms with Crippen molar-refractivity contribution >= 4 is 23.5 Å². The quantitative estimate of drug-likeness (QED) is 0.846. The molecule has 0 spiro atoms. The van der Waals surface area contributed by atoms with Crippen molar-refractivity contribution in [2.24, 2.45) is 0 Å². The van der Waals surface area contributed by atoms with E-state index < -0.39 is 17.4 Å². The third-order valence-electron chi connectivity index (χ3n) is 3.60. The summed E-state index contributed by atoms with van der Waals surface area (Å²) in [5, 5.41) is 16.5. The van der Waals surface area contributed by atoms with Crippen LogP contribution in [0.1, 0.15) is 30.4 Å². The number of nitrogens with zero attached hydrogens (tertiary/aromatic N) is 1. The molecule has 23 heavy (non-hydrogen) atoms. The minimum absolute atomic E-state index is 0.0556. The van der Waals surface area contributed by atoms with Crippen LogP contribution in [0.2, 0.25) is 5.02 Å². The Labute approximate surface area is 138 Å². The summed E-state index contributed by atoms with van der Waals surface area (Å²) in [5.74, 6) is -0.991. The maximum absolute atomic E-state index is 12.3. The molecule has 0 aliphatic carbocycles. The predicted octanol–water partition coefficient (Wildman–Crippen LogP) is 2.69. The highest BCUT2D eigenvalue weighted by molar-refractivity contribution is 6.30. The Kier molecular flexibility index (Phi) is 5.05. The van der Waals surface area contributed by atoms with Gasteiger partial charge in [0.15, 0.2) is 5.54 Å². The number of carboxylic acid groups (broad SMARTS) is 1. The van der Waals surface area contributed by atoms with Gasteiger partial charge in [0.05, 0.1) is 12.1 Å². The van der Waals surface area contributed by atoms with Crippen molar-refractivity contribution in [2.45, 2.75) is 32.2 Å². The first-order valence-corrected chi connectivity index (χ1v) is 7.48. The first kappa shape index (κ1) is 17.0. The summed E-state index contributed by atoms with van der Waals surface area (Å²) in [7, 11) is 0. The van der Waals surface area contributed by atoms with Crippen molar-refractivity contribution in [1.29, 1.82) is 0 Å². The molecule has 1 atom stereocenters. The van der Waals surface area contributed by atoms with Gasteiger partial charge in [-0.1, -0.05) is 35.8 Å². The van der Waals surface area contributed by atoms with Crippen molar-refractivity contribution in [3.05, 3.63) is 52.4 Å². The molecule has 0 saturated carbocycles. The van der Waals surface area contributed by atoms with E-state index in [0.29, 0.717) is 22.0 Å². The second kappa shape index (κ2) is 6.83. The van der Waals surface area contributed by atoms with E-state index in [1.165, 1.54) is 0 Å². The number of benzene rings is 1. The molecule has 0 radical (unpaired) electrons. The molecule has 0 bridgehead atoms. The number of hydrogen-bond acceptors (Lipinski definition) is 4. The van der Waals surface area contributed by atoms with Gasteiger partial charge in [-0.3, -0.25) is 4.79 Å². The molecule has 122 valence electrons. The molecule has 1 aromatic carbocycles. The lowest BCUT2D eigenvalue weighted by Crippen LogP contribution is -2.52. The summed E-state index contributed by atoms with van der Waals surface area (Å²) in [6.07, 6.45) is 0.132. The zero-order valence-electron chi connectivity index (χ0n) is 12.8. The monoisotopic (exact) mass is 336 g/mol. The summed E-state index contributed by atoms with van der Waals surface area (Å²) in [6.45, 7) is 3.42. The summed E-state index contributed by atoms with van der Waals surface area (Å²) < 4.78 is 4.91. The molecule has 1 amide bonds. The summed E-state index contributed by atoms with van der Waals surface area (Å²) in [6, 6.07) is 8.02. The number of halogens is 1. The van der Waals surface area contributed by atoms with Crippen LogP contribution < -0.4 is 5.32 Å². The highest BCUT2D eigenvalue weighted by Gasteiger charge is 2.40. The van der Waals surface area contributed by atoms with E-state index in [-0.39, 0.29) is 12.8 Å². The fourth-order valence-corrected chi connectivity index (χ4v) is 2.50. The van der Waals surface area contributed by atoms with Crippen LogP contribution in [0, 0.1) is 6.92 Å². The number of rotatable bonds is 6. The van der Waals surface area contributed by atoms with Gasteiger partial charge in [-0.25, -0.2) is 4.79 Å². The molecule has 2 rings (SSSR count).